The van der Waals surface area contributed by atoms with Crippen LogP contribution in [0.15, 0.2) is 60.1 Å². The van der Waals surface area contributed by atoms with Gasteiger partial charge in [-0.05, 0) is 46.2 Å². The molecule has 2 aromatic heterocycles. The molecule has 0 spiro atoms. The fourth-order valence-electron chi connectivity index (χ4n) is 2.33. The summed E-state index contributed by atoms with van der Waals surface area (Å²) in [6.45, 7) is 6.69. The molecule has 2 heterocycles. The number of pyridine rings is 1. The Labute approximate surface area is 130 Å². The average Bonchev–Trinajstić information content (AvgIpc) is 3.01. The predicted octanol–water partition coefficient (Wildman–Crippen LogP) is 5.77. The van der Waals surface area contributed by atoms with Crippen LogP contribution in [-0.2, 0) is 5.41 Å². The van der Waals surface area contributed by atoms with Gasteiger partial charge in [-0.2, -0.15) is 0 Å². The van der Waals surface area contributed by atoms with Crippen LogP contribution >= 0.6 is 11.3 Å². The van der Waals surface area contributed by atoms with Gasteiger partial charge in [0.25, 0.3) is 0 Å². The highest BCUT2D eigenvalue weighted by Gasteiger charge is 2.14. The summed E-state index contributed by atoms with van der Waals surface area (Å²) in [5.74, 6) is 0. The molecule has 2 heteroatoms. The highest BCUT2D eigenvalue weighted by atomic mass is 32.1. The molecule has 1 nitrogen and oxygen atoms in total. The van der Waals surface area contributed by atoms with Crippen molar-refractivity contribution in [1.29, 1.82) is 0 Å². The fraction of sp³-hybridized carbons (Fsp3) is 0.211. The first kappa shape index (κ1) is 14.0. The Morgan fingerprint density at radius 1 is 0.905 bits per heavy atom. The van der Waals surface area contributed by atoms with Gasteiger partial charge in [-0.25, -0.2) is 0 Å². The van der Waals surface area contributed by atoms with Crippen LogP contribution in [0.4, 0.5) is 0 Å². The molecule has 0 amide bonds. The summed E-state index contributed by atoms with van der Waals surface area (Å²) in [4.78, 5) is 5.84. The molecule has 0 aliphatic heterocycles. The van der Waals surface area contributed by atoms with Crippen LogP contribution in [0.5, 0.6) is 0 Å². The van der Waals surface area contributed by atoms with E-state index in [1.807, 2.05) is 6.20 Å². The van der Waals surface area contributed by atoms with Gasteiger partial charge >= 0.3 is 0 Å². The maximum atomic E-state index is 4.55. The van der Waals surface area contributed by atoms with E-state index in [4.69, 9.17) is 0 Å². The molecule has 1 aromatic carbocycles. The molecule has 0 aliphatic rings. The molecule has 0 aliphatic carbocycles. The van der Waals surface area contributed by atoms with Gasteiger partial charge < -0.3 is 0 Å². The van der Waals surface area contributed by atoms with E-state index in [2.05, 4.69) is 79.7 Å². The second-order valence-electron chi connectivity index (χ2n) is 6.24. The van der Waals surface area contributed by atoms with Crippen LogP contribution in [-0.4, -0.2) is 4.98 Å². The molecule has 106 valence electrons. The van der Waals surface area contributed by atoms with Gasteiger partial charge in [-0.15, -0.1) is 11.3 Å². The van der Waals surface area contributed by atoms with Crippen LogP contribution in [0.3, 0.4) is 0 Å². The lowest BCUT2D eigenvalue weighted by molar-refractivity contribution is 0.589. The fourth-order valence-corrected chi connectivity index (χ4v) is 3.05. The van der Waals surface area contributed by atoms with Crippen LogP contribution in [0.25, 0.3) is 21.7 Å². The highest BCUT2D eigenvalue weighted by molar-refractivity contribution is 7.13. The van der Waals surface area contributed by atoms with Crippen molar-refractivity contribution in [2.75, 3.05) is 0 Å². The summed E-state index contributed by atoms with van der Waals surface area (Å²) in [7, 11) is 0. The summed E-state index contributed by atoms with van der Waals surface area (Å²) in [6.07, 6.45) is 1.91. The van der Waals surface area contributed by atoms with Gasteiger partial charge in [0, 0.05) is 16.6 Å². The monoisotopic (exact) mass is 293 g/mol. The third kappa shape index (κ3) is 3.06. The molecule has 0 radical (unpaired) electrons. The van der Waals surface area contributed by atoms with Crippen molar-refractivity contribution in [1.82, 2.24) is 4.98 Å². The Bertz CT molecular complexity index is 736. The highest BCUT2D eigenvalue weighted by Crippen LogP contribution is 2.30. The molecular weight excluding hydrogens is 274 g/mol. The first-order chi connectivity index (χ1) is 10.0. The third-order valence-electron chi connectivity index (χ3n) is 3.59. The van der Waals surface area contributed by atoms with E-state index in [0.717, 1.165) is 5.69 Å². The summed E-state index contributed by atoms with van der Waals surface area (Å²) in [5, 5.41) is 2.11. The number of benzene rings is 1. The van der Waals surface area contributed by atoms with Crippen molar-refractivity contribution in [2.45, 2.75) is 26.2 Å². The molecule has 0 saturated heterocycles. The van der Waals surface area contributed by atoms with E-state index >= 15 is 0 Å². The predicted molar refractivity (Wildman–Crippen MR) is 91.7 cm³/mol. The van der Waals surface area contributed by atoms with E-state index in [9.17, 15) is 0 Å². The molecule has 0 fully saturated rings. The SMILES string of the molecule is CC(C)(C)c1ccnc(-c2cccc(-c3cccs3)c2)c1. The smallest absolute Gasteiger partial charge is 0.0705 e. The number of rotatable bonds is 2. The van der Waals surface area contributed by atoms with E-state index in [-0.39, 0.29) is 5.41 Å². The Morgan fingerprint density at radius 3 is 2.43 bits per heavy atom. The molecule has 0 atom stereocenters. The molecule has 3 aromatic rings. The molecule has 0 saturated carbocycles. The summed E-state index contributed by atoms with van der Waals surface area (Å²) < 4.78 is 0. The van der Waals surface area contributed by atoms with Crippen molar-refractivity contribution < 1.29 is 0 Å². The third-order valence-corrected chi connectivity index (χ3v) is 4.51. The number of thiophene rings is 1. The normalized spacial score (nSPS) is 11.6. The van der Waals surface area contributed by atoms with E-state index in [1.54, 1.807) is 11.3 Å². The topological polar surface area (TPSA) is 12.9 Å². The molecule has 0 N–H and O–H groups in total. The summed E-state index contributed by atoms with van der Waals surface area (Å²) in [6, 6.07) is 17.2. The van der Waals surface area contributed by atoms with Gasteiger partial charge in [0.2, 0.25) is 0 Å². The van der Waals surface area contributed by atoms with Gasteiger partial charge in [0.1, 0.15) is 0 Å². The van der Waals surface area contributed by atoms with Gasteiger partial charge in [-0.1, -0.05) is 45.0 Å². The molecule has 3 rings (SSSR count). The largest absolute Gasteiger partial charge is 0.256 e. The van der Waals surface area contributed by atoms with Crippen LogP contribution in [0.2, 0.25) is 0 Å². The number of aromatic nitrogens is 1. The zero-order valence-corrected chi connectivity index (χ0v) is 13.4. The number of nitrogens with zero attached hydrogens (tertiary/aromatic N) is 1. The second kappa shape index (κ2) is 5.45. The zero-order valence-electron chi connectivity index (χ0n) is 12.6. The van der Waals surface area contributed by atoms with E-state index in [0.29, 0.717) is 0 Å². The quantitative estimate of drug-likeness (QED) is 0.584. The van der Waals surface area contributed by atoms with Crippen LogP contribution < -0.4 is 0 Å². The minimum absolute atomic E-state index is 0.142. The summed E-state index contributed by atoms with van der Waals surface area (Å²) >= 11 is 1.77. The van der Waals surface area contributed by atoms with Gasteiger partial charge in [0.15, 0.2) is 0 Å². The first-order valence-electron chi connectivity index (χ1n) is 7.15. The van der Waals surface area contributed by atoms with Crippen LogP contribution in [0, 0.1) is 0 Å². The minimum atomic E-state index is 0.142. The average molecular weight is 293 g/mol. The zero-order chi connectivity index (χ0) is 14.9. The first-order valence-corrected chi connectivity index (χ1v) is 8.03. The summed E-state index contributed by atoms with van der Waals surface area (Å²) in [5.41, 5.74) is 4.93. The van der Waals surface area contributed by atoms with Gasteiger partial charge in [0.05, 0.1) is 5.69 Å². The Morgan fingerprint density at radius 2 is 1.71 bits per heavy atom. The second-order valence-corrected chi connectivity index (χ2v) is 7.19. The Balaban J connectivity index is 2.03. The standard InChI is InChI=1S/C19H19NS/c1-19(2,3)16-9-10-20-17(13-16)14-6-4-7-15(12-14)18-8-5-11-21-18/h4-13H,1-3H3. The van der Waals surface area contributed by atoms with Crippen LogP contribution in [0.1, 0.15) is 26.3 Å². The lowest BCUT2D eigenvalue weighted by Crippen LogP contribution is -2.11. The molecular formula is C19H19NS. The van der Waals surface area contributed by atoms with Crippen molar-refractivity contribution in [2.24, 2.45) is 0 Å². The Kier molecular flexibility index (Phi) is 3.64. The van der Waals surface area contributed by atoms with Gasteiger partial charge in [-0.3, -0.25) is 4.98 Å². The van der Waals surface area contributed by atoms with Crippen molar-refractivity contribution in [3.05, 3.63) is 65.7 Å². The van der Waals surface area contributed by atoms with Crippen molar-refractivity contribution >= 4 is 11.3 Å². The molecule has 0 unspecified atom stereocenters. The maximum Gasteiger partial charge on any atom is 0.0705 e. The number of hydrogen-bond acceptors (Lipinski definition) is 2. The Hall–Kier alpha value is -1.93. The van der Waals surface area contributed by atoms with E-state index < -0.39 is 0 Å². The number of hydrogen-bond donors (Lipinski definition) is 0. The van der Waals surface area contributed by atoms with E-state index in [1.165, 1.54) is 21.6 Å². The lowest BCUT2D eigenvalue weighted by Gasteiger charge is -2.19. The van der Waals surface area contributed by atoms with Crippen molar-refractivity contribution in [3.63, 3.8) is 0 Å². The molecule has 0 bridgehead atoms. The molecule has 21 heavy (non-hydrogen) atoms. The lowest BCUT2D eigenvalue weighted by atomic mass is 9.87. The minimum Gasteiger partial charge on any atom is -0.256 e. The maximum absolute atomic E-state index is 4.55. The van der Waals surface area contributed by atoms with Crippen molar-refractivity contribution in [3.8, 4) is 21.7 Å².